The van der Waals surface area contributed by atoms with Crippen molar-refractivity contribution in [3.63, 3.8) is 0 Å². The molecule has 0 radical (unpaired) electrons. The molecule has 0 spiro atoms. The second-order valence-corrected chi connectivity index (χ2v) is 37.2. The van der Waals surface area contributed by atoms with Crippen LogP contribution in [0, 0.1) is 0 Å². The van der Waals surface area contributed by atoms with Crippen molar-refractivity contribution in [1.82, 2.24) is 74.8 Å². The molecule has 27 rings (SSSR count). The van der Waals surface area contributed by atoms with E-state index in [-0.39, 0.29) is 0 Å². The molecule has 15 aromatic carbocycles. The Hall–Kier alpha value is -18.3. The van der Waals surface area contributed by atoms with Gasteiger partial charge in [0.25, 0.3) is 0 Å². The van der Waals surface area contributed by atoms with Crippen LogP contribution in [-0.2, 0) is 0 Å². The van der Waals surface area contributed by atoms with Gasteiger partial charge in [-0.25, -0.2) is 64.8 Å². The fourth-order valence-corrected chi connectivity index (χ4v) is 22.1. The van der Waals surface area contributed by atoms with E-state index in [2.05, 4.69) is 318 Å². The van der Waals surface area contributed by atoms with Gasteiger partial charge >= 0.3 is 0 Å². The number of nitrogens with zero attached hydrogens (tertiary/aromatic N) is 15. The lowest BCUT2D eigenvalue weighted by atomic mass is 10.0. The van der Waals surface area contributed by atoms with E-state index in [0.29, 0.717) is 52.4 Å². The highest BCUT2D eigenvalue weighted by atomic mass is 32.1. The number of benzene rings is 15. The number of aromatic nitrogens is 15. The number of hydrogen-bond donors (Lipinski definition) is 0. The molecule has 0 atom stereocenters. The van der Waals surface area contributed by atoms with Gasteiger partial charge in [-0.3, -0.25) is 9.97 Å². The molecule has 0 aliphatic rings. The summed E-state index contributed by atoms with van der Waals surface area (Å²) in [5, 5.41) is 10.5. The van der Waals surface area contributed by atoms with E-state index >= 15 is 0 Å². The minimum Gasteiger partial charge on any atom is -0.264 e. The second kappa shape index (κ2) is 37.1. The first-order valence-corrected chi connectivity index (χ1v) is 48.7. The van der Waals surface area contributed by atoms with Gasteiger partial charge in [-0.15, -0.1) is 34.0 Å². The zero-order chi connectivity index (χ0) is 93.5. The molecule has 141 heavy (non-hydrogen) atoms. The maximum Gasteiger partial charge on any atom is 0.164 e. The van der Waals surface area contributed by atoms with Crippen LogP contribution in [0.3, 0.4) is 0 Å². The summed E-state index contributed by atoms with van der Waals surface area (Å²) in [6.45, 7) is 0. The summed E-state index contributed by atoms with van der Waals surface area (Å²) >= 11 is 5.31. The number of hydrogen-bond acceptors (Lipinski definition) is 18. The van der Waals surface area contributed by atoms with Crippen LogP contribution in [0.25, 0.3) is 263 Å². The number of thiophene rings is 3. The molecule has 0 saturated heterocycles. The van der Waals surface area contributed by atoms with Crippen LogP contribution >= 0.6 is 34.0 Å². The molecule has 0 bridgehead atoms. The Morgan fingerprint density at radius 2 is 0.418 bits per heavy atom. The van der Waals surface area contributed by atoms with E-state index < -0.39 is 0 Å². The van der Waals surface area contributed by atoms with Crippen molar-refractivity contribution in [2.24, 2.45) is 0 Å². The van der Waals surface area contributed by atoms with Crippen molar-refractivity contribution in [2.45, 2.75) is 0 Å². The van der Waals surface area contributed by atoms with Crippen molar-refractivity contribution in [3.05, 3.63) is 456 Å². The van der Waals surface area contributed by atoms with Crippen LogP contribution in [-0.4, -0.2) is 74.8 Å². The lowest BCUT2D eigenvalue weighted by molar-refractivity contribution is 1.07. The second-order valence-electron chi connectivity index (χ2n) is 34.0. The Kier molecular flexibility index (Phi) is 22.2. The van der Waals surface area contributed by atoms with Gasteiger partial charge in [0.15, 0.2) is 58.1 Å². The molecule has 18 heteroatoms. The van der Waals surface area contributed by atoms with Gasteiger partial charge in [0.2, 0.25) is 0 Å². The fraction of sp³-hybridized carbons (Fsp3) is 0. The van der Waals surface area contributed by atoms with Gasteiger partial charge in [0.1, 0.15) is 0 Å². The van der Waals surface area contributed by atoms with E-state index in [1.807, 2.05) is 140 Å². The lowest BCUT2D eigenvalue weighted by Crippen LogP contribution is -2.00. The molecule has 0 amide bonds. The topological polar surface area (TPSA) is 193 Å². The smallest absolute Gasteiger partial charge is 0.164 e. The summed E-state index contributed by atoms with van der Waals surface area (Å²) in [7, 11) is 0. The van der Waals surface area contributed by atoms with Crippen LogP contribution in [0.4, 0.5) is 0 Å². The van der Waals surface area contributed by atoms with Crippen molar-refractivity contribution in [1.29, 1.82) is 0 Å². The van der Waals surface area contributed by atoms with Gasteiger partial charge in [-0.05, 0) is 94.0 Å². The Bertz CT molecular complexity index is 8550. The first-order valence-electron chi connectivity index (χ1n) is 46.3. The van der Waals surface area contributed by atoms with Crippen LogP contribution in [0.2, 0.25) is 0 Å². The zero-order valence-electron chi connectivity index (χ0n) is 75.2. The molecule has 0 aliphatic heterocycles. The quantitative estimate of drug-likeness (QED) is 0.0940. The van der Waals surface area contributed by atoms with E-state index in [1.54, 1.807) is 46.4 Å². The Morgan fingerprint density at radius 1 is 0.156 bits per heavy atom. The molecule has 27 aromatic rings. The van der Waals surface area contributed by atoms with Crippen LogP contribution < -0.4 is 0 Å². The van der Waals surface area contributed by atoms with Crippen molar-refractivity contribution < 1.29 is 0 Å². The maximum absolute atomic E-state index is 5.18. The third-order valence-electron chi connectivity index (χ3n) is 25.2. The van der Waals surface area contributed by atoms with Gasteiger partial charge < -0.3 is 0 Å². The third kappa shape index (κ3) is 16.6. The number of pyridine rings is 6. The summed E-state index contributed by atoms with van der Waals surface area (Å²) in [5.41, 5.74) is 23.5. The number of fused-ring (bicyclic) bond motifs is 15. The summed E-state index contributed by atoms with van der Waals surface area (Å²) < 4.78 is 7.13. The Labute approximate surface area is 821 Å². The molecule has 0 N–H and O–H groups in total. The molecule has 0 unspecified atom stereocenters. The number of rotatable bonds is 15. The Balaban J connectivity index is 0.000000111. The van der Waals surface area contributed by atoms with Gasteiger partial charge in [0.05, 0.1) is 48.4 Å². The molecule has 660 valence electrons. The van der Waals surface area contributed by atoms with Gasteiger partial charge in [0, 0.05) is 154 Å². The molecule has 12 aromatic heterocycles. The zero-order valence-corrected chi connectivity index (χ0v) is 77.7. The lowest BCUT2D eigenvalue weighted by Gasteiger charge is -2.11. The van der Waals surface area contributed by atoms with Crippen LogP contribution in [0.5, 0.6) is 0 Å². The van der Waals surface area contributed by atoms with Crippen molar-refractivity contribution in [2.75, 3.05) is 0 Å². The minimum atomic E-state index is 0.606. The molecular weight excluding hydrogens is 1780 g/mol. The first kappa shape index (κ1) is 84.4. The average molecular weight is 1860 g/mol. The van der Waals surface area contributed by atoms with E-state index in [9.17, 15) is 0 Å². The molecular formula is C123H75N15S3. The molecule has 0 aliphatic carbocycles. The fourth-order valence-electron chi connectivity index (χ4n) is 18.4. The standard InChI is InChI=1S/3C41H25N5S/c1-3-11-26(12-4-1)27-20-22-29(23-21-27)39-44-38(28-13-5-2-6-14-28)45-40(46-39)31-16-9-15-30(25-31)36-37-35(32-17-7-8-19-34(32)47-37)33-18-10-24-42-41(33)43-36;1-3-10-26(11-4-1)27-18-20-29(21-19-27)40-44-39(28-12-5-2-6-13-28)45-41(46-40)31-15-9-14-30(24-31)37-38-36(32-22-23-42-25-34(32)43-37)33-16-7-8-17-35(33)47-38;1-3-10-26(11-4-1)27-18-20-29(21-19-27)40-44-39(28-12-5-2-6-13-28)45-41(46-40)31-15-9-14-30(24-31)37-38-36(32-16-7-8-17-35(32)47-38)33-25-42-23-22-34(33)43-37/h3*1-25H. The predicted octanol–water partition coefficient (Wildman–Crippen LogP) is 31.6. The highest BCUT2D eigenvalue weighted by molar-refractivity contribution is 7.27. The molecule has 0 fully saturated rings. The molecule has 15 nitrogen and oxygen atoms in total. The largest absolute Gasteiger partial charge is 0.264 e. The van der Waals surface area contributed by atoms with Crippen molar-refractivity contribution in [3.8, 4) is 170 Å². The van der Waals surface area contributed by atoms with Gasteiger partial charge in [-0.2, -0.15) is 0 Å². The first-order chi connectivity index (χ1) is 69.8. The predicted molar refractivity (Wildman–Crippen MR) is 579 cm³/mol. The normalized spacial score (nSPS) is 11.4. The third-order valence-corrected chi connectivity index (χ3v) is 28.8. The van der Waals surface area contributed by atoms with Crippen molar-refractivity contribution >= 4 is 127 Å². The summed E-state index contributed by atoms with van der Waals surface area (Å²) in [6, 6.07) is 145. The monoisotopic (exact) mass is 1860 g/mol. The van der Waals surface area contributed by atoms with E-state index in [1.165, 1.54) is 63.1 Å². The summed E-state index contributed by atoms with van der Waals surface area (Å²) in [4.78, 5) is 73.9. The minimum absolute atomic E-state index is 0.606. The average Bonchev–Trinajstić information content (AvgIpc) is 1.59. The summed E-state index contributed by atoms with van der Waals surface area (Å²) in [6.07, 6.45) is 9.23. The van der Waals surface area contributed by atoms with E-state index in [4.69, 9.17) is 59.8 Å². The molecule has 12 heterocycles. The van der Waals surface area contributed by atoms with Gasteiger partial charge in [-0.1, -0.05) is 364 Å². The SMILES string of the molecule is c1ccc(-c2ccc(-c3nc(-c4ccccc4)nc(-c4cccc(-c5nc6ccncc6c6c5sc5ccccc56)c4)n3)cc2)cc1.c1ccc(-c2ccc(-c3nc(-c4ccccc4)nc(-c4cccc(-c5nc6cnccc6c6c5sc5ccccc56)c4)n3)cc2)cc1.c1ccc(-c2ccc(-c3nc(-c4ccccc4)nc(-c4cccc(-c5nc6ncccc6c6c5sc5ccccc56)c4)n3)cc2)cc1. The Morgan fingerprint density at radius 3 is 0.794 bits per heavy atom. The van der Waals surface area contributed by atoms with Crippen LogP contribution in [0.15, 0.2) is 456 Å². The molecule has 0 saturated carbocycles. The van der Waals surface area contributed by atoms with Crippen LogP contribution in [0.1, 0.15) is 0 Å². The highest BCUT2D eigenvalue weighted by Gasteiger charge is 2.25. The van der Waals surface area contributed by atoms with E-state index in [0.717, 1.165) is 147 Å². The maximum atomic E-state index is 5.18. The highest BCUT2D eigenvalue weighted by Crippen LogP contribution is 2.48. The summed E-state index contributed by atoms with van der Waals surface area (Å²) in [5.74, 6) is 5.59.